The molecule has 4 nitrogen and oxygen atoms in total. The molecule has 1 aliphatic rings. The number of rotatable bonds is 4. The Morgan fingerprint density at radius 2 is 1.42 bits per heavy atom. The Morgan fingerprint density at radius 1 is 0.875 bits per heavy atom. The average molecular weight is 330 g/mol. The molecule has 0 unspecified atom stereocenters. The molecule has 0 radical (unpaired) electrons. The molecule has 1 fully saturated rings. The van der Waals surface area contributed by atoms with Gasteiger partial charge in [-0.1, -0.05) is 17.7 Å². The van der Waals surface area contributed by atoms with Gasteiger partial charge in [-0.05, 0) is 44.0 Å². The number of anilines is 2. The molecule has 24 heavy (non-hydrogen) atoms. The Hall–Kier alpha value is -2.76. The molecule has 0 atom stereocenters. The zero-order chi connectivity index (χ0) is 17.3. The summed E-state index contributed by atoms with van der Waals surface area (Å²) < 4.78 is 26.1. The zero-order valence-electron chi connectivity index (χ0n) is 13.0. The first kappa shape index (κ1) is 16.1. The van der Waals surface area contributed by atoms with E-state index >= 15 is 0 Å². The molecule has 3 rings (SSSR count). The van der Waals surface area contributed by atoms with Gasteiger partial charge < -0.3 is 10.6 Å². The highest BCUT2D eigenvalue weighted by atomic mass is 19.2. The van der Waals surface area contributed by atoms with Gasteiger partial charge in [0.15, 0.2) is 11.6 Å². The summed E-state index contributed by atoms with van der Waals surface area (Å²) in [4.78, 5) is 24.8. The summed E-state index contributed by atoms with van der Waals surface area (Å²) in [5, 5.41) is 5.21. The molecular weight excluding hydrogens is 314 g/mol. The fraction of sp³-hybridized carbons (Fsp3) is 0.222. The summed E-state index contributed by atoms with van der Waals surface area (Å²) in [5.74, 6) is -2.96. The highest BCUT2D eigenvalue weighted by Gasteiger charge is 2.56. The molecule has 2 N–H and O–H groups in total. The molecule has 0 aromatic heterocycles. The molecule has 124 valence electrons. The second-order valence-corrected chi connectivity index (χ2v) is 5.99. The highest BCUT2D eigenvalue weighted by molar-refractivity contribution is 6.16. The highest BCUT2D eigenvalue weighted by Crippen LogP contribution is 2.47. The van der Waals surface area contributed by atoms with E-state index in [2.05, 4.69) is 10.6 Å². The van der Waals surface area contributed by atoms with Crippen molar-refractivity contribution in [3.8, 4) is 0 Å². The zero-order valence-corrected chi connectivity index (χ0v) is 13.0. The summed E-state index contributed by atoms with van der Waals surface area (Å²) in [6.45, 7) is 1.93. The van der Waals surface area contributed by atoms with Crippen LogP contribution in [0.25, 0.3) is 0 Å². The maximum absolute atomic E-state index is 13.2. The first-order chi connectivity index (χ1) is 11.4. The molecule has 0 spiro atoms. The number of halogens is 2. The lowest BCUT2D eigenvalue weighted by Crippen LogP contribution is -2.35. The van der Waals surface area contributed by atoms with Crippen molar-refractivity contribution >= 4 is 23.2 Å². The van der Waals surface area contributed by atoms with Crippen LogP contribution in [0.4, 0.5) is 20.2 Å². The molecule has 0 heterocycles. The standard InChI is InChI=1S/C18H16F2N2O2/c1-11-2-4-12(5-3-11)21-16(23)18(8-9-18)17(24)22-13-6-7-14(19)15(20)10-13/h2-7,10H,8-9H2,1H3,(H,21,23)(H,22,24). The van der Waals surface area contributed by atoms with E-state index in [1.165, 1.54) is 6.07 Å². The first-order valence-electron chi connectivity index (χ1n) is 7.55. The molecule has 1 aliphatic carbocycles. The van der Waals surface area contributed by atoms with E-state index in [0.29, 0.717) is 18.5 Å². The molecule has 2 amide bonds. The van der Waals surface area contributed by atoms with Crippen molar-refractivity contribution in [1.29, 1.82) is 0 Å². The molecule has 0 bridgehead atoms. The normalized spacial score (nSPS) is 14.8. The smallest absolute Gasteiger partial charge is 0.240 e. The van der Waals surface area contributed by atoms with Gasteiger partial charge in [0.1, 0.15) is 5.41 Å². The van der Waals surface area contributed by atoms with Gasteiger partial charge in [0.2, 0.25) is 11.8 Å². The Bertz CT molecular complexity index is 799. The summed E-state index contributed by atoms with van der Waals surface area (Å²) >= 11 is 0. The van der Waals surface area contributed by atoms with Crippen molar-refractivity contribution in [2.45, 2.75) is 19.8 Å². The van der Waals surface area contributed by atoms with E-state index < -0.39 is 28.9 Å². The number of carbonyl (C=O) groups excluding carboxylic acids is 2. The summed E-state index contributed by atoms with van der Waals surface area (Å²) in [5.41, 5.74) is 0.631. The third kappa shape index (κ3) is 3.13. The lowest BCUT2D eigenvalue weighted by Gasteiger charge is -2.15. The number of amides is 2. The number of hydrogen-bond donors (Lipinski definition) is 2. The number of aryl methyl sites for hydroxylation is 1. The first-order valence-corrected chi connectivity index (χ1v) is 7.55. The van der Waals surface area contributed by atoms with Crippen LogP contribution in [-0.2, 0) is 9.59 Å². The van der Waals surface area contributed by atoms with E-state index in [4.69, 9.17) is 0 Å². The lowest BCUT2D eigenvalue weighted by molar-refractivity contribution is -0.131. The Labute approximate surface area is 137 Å². The second kappa shape index (κ2) is 6.03. The third-order valence-corrected chi connectivity index (χ3v) is 4.11. The number of benzene rings is 2. The summed E-state index contributed by atoms with van der Waals surface area (Å²) in [7, 11) is 0. The number of nitrogens with one attached hydrogen (secondary N) is 2. The Morgan fingerprint density at radius 3 is 1.96 bits per heavy atom. The minimum Gasteiger partial charge on any atom is -0.325 e. The average Bonchev–Trinajstić information content (AvgIpc) is 3.35. The summed E-state index contributed by atoms with van der Waals surface area (Å²) in [6, 6.07) is 10.3. The van der Waals surface area contributed by atoms with Crippen molar-refractivity contribution < 1.29 is 18.4 Å². The molecule has 0 aliphatic heterocycles. The van der Waals surface area contributed by atoms with Crippen molar-refractivity contribution in [2.24, 2.45) is 5.41 Å². The molecular formula is C18H16F2N2O2. The van der Waals surface area contributed by atoms with Crippen LogP contribution in [0.15, 0.2) is 42.5 Å². The van der Waals surface area contributed by atoms with Gasteiger partial charge in [0.05, 0.1) is 0 Å². The number of hydrogen-bond acceptors (Lipinski definition) is 2. The van der Waals surface area contributed by atoms with Gasteiger partial charge in [-0.3, -0.25) is 9.59 Å². The van der Waals surface area contributed by atoms with Crippen molar-refractivity contribution in [1.82, 2.24) is 0 Å². The van der Waals surface area contributed by atoms with Crippen LogP contribution in [0, 0.1) is 24.0 Å². The quantitative estimate of drug-likeness (QED) is 0.841. The van der Waals surface area contributed by atoms with Crippen LogP contribution in [-0.4, -0.2) is 11.8 Å². The van der Waals surface area contributed by atoms with Crippen molar-refractivity contribution in [3.63, 3.8) is 0 Å². The van der Waals surface area contributed by atoms with Crippen LogP contribution < -0.4 is 10.6 Å². The van der Waals surface area contributed by atoms with Gasteiger partial charge in [0, 0.05) is 17.4 Å². The van der Waals surface area contributed by atoms with Gasteiger partial charge >= 0.3 is 0 Å². The Kier molecular flexibility index (Phi) is 4.05. The summed E-state index contributed by atoms with van der Waals surface area (Å²) in [6.07, 6.45) is 0.834. The minimum atomic E-state index is -1.16. The lowest BCUT2D eigenvalue weighted by atomic mass is 10.0. The maximum Gasteiger partial charge on any atom is 0.240 e. The fourth-order valence-electron chi connectivity index (χ4n) is 2.39. The fourth-order valence-corrected chi connectivity index (χ4v) is 2.39. The van der Waals surface area contributed by atoms with Gasteiger partial charge in [-0.2, -0.15) is 0 Å². The van der Waals surface area contributed by atoms with Crippen molar-refractivity contribution in [3.05, 3.63) is 59.7 Å². The second-order valence-electron chi connectivity index (χ2n) is 5.99. The van der Waals surface area contributed by atoms with Gasteiger partial charge in [-0.15, -0.1) is 0 Å². The molecule has 2 aromatic carbocycles. The van der Waals surface area contributed by atoms with E-state index in [1.807, 2.05) is 19.1 Å². The molecule has 6 heteroatoms. The maximum atomic E-state index is 13.2. The van der Waals surface area contributed by atoms with E-state index in [1.54, 1.807) is 12.1 Å². The van der Waals surface area contributed by atoms with Crippen molar-refractivity contribution in [2.75, 3.05) is 10.6 Å². The molecule has 0 saturated heterocycles. The predicted molar refractivity (Wildman–Crippen MR) is 86.5 cm³/mol. The van der Waals surface area contributed by atoms with E-state index in [-0.39, 0.29) is 5.69 Å². The molecule has 2 aromatic rings. The van der Waals surface area contributed by atoms with Gasteiger partial charge in [0.25, 0.3) is 0 Å². The van der Waals surface area contributed by atoms with E-state index in [9.17, 15) is 18.4 Å². The Balaban J connectivity index is 1.70. The van der Waals surface area contributed by atoms with Crippen LogP contribution in [0.3, 0.4) is 0 Å². The van der Waals surface area contributed by atoms with Crippen LogP contribution in [0.1, 0.15) is 18.4 Å². The topological polar surface area (TPSA) is 58.2 Å². The van der Waals surface area contributed by atoms with Crippen LogP contribution in [0.2, 0.25) is 0 Å². The predicted octanol–water partition coefficient (Wildman–Crippen LogP) is 3.63. The third-order valence-electron chi connectivity index (χ3n) is 4.11. The number of carbonyl (C=O) groups is 2. The van der Waals surface area contributed by atoms with Gasteiger partial charge in [-0.25, -0.2) is 8.78 Å². The largest absolute Gasteiger partial charge is 0.325 e. The minimum absolute atomic E-state index is 0.119. The monoisotopic (exact) mass is 330 g/mol. The SMILES string of the molecule is Cc1ccc(NC(=O)C2(C(=O)Nc3ccc(F)c(F)c3)CC2)cc1. The van der Waals surface area contributed by atoms with Crippen LogP contribution in [0.5, 0.6) is 0 Å². The van der Waals surface area contributed by atoms with E-state index in [0.717, 1.165) is 17.7 Å². The molecule has 1 saturated carbocycles. The van der Waals surface area contributed by atoms with Crippen LogP contribution >= 0.6 is 0 Å².